The molecular formula is C8H14O4. The Morgan fingerprint density at radius 1 is 1.50 bits per heavy atom. The zero-order valence-electron chi connectivity index (χ0n) is 6.97. The molecule has 3 N–H and O–H groups in total. The normalized spacial score (nSPS) is 35.7. The molecule has 0 saturated heterocycles. The van der Waals surface area contributed by atoms with Crippen molar-refractivity contribution in [1.29, 1.82) is 0 Å². The molecule has 1 rings (SSSR count). The van der Waals surface area contributed by atoms with E-state index in [1.165, 1.54) is 6.08 Å². The lowest BCUT2D eigenvalue weighted by atomic mass is 10.0. The summed E-state index contributed by atoms with van der Waals surface area (Å²) in [5, 5.41) is 27.3. The molecule has 0 fully saturated rings. The predicted octanol–water partition coefficient (Wildman–Crippen LogP) is -0.607. The molecule has 1 aliphatic rings. The SMILES string of the molecule is CCC1=C[C@@H](O)[C@H](O)[C@@H](CO)O1. The lowest BCUT2D eigenvalue weighted by Gasteiger charge is -2.30. The quantitative estimate of drug-likeness (QED) is 0.522. The van der Waals surface area contributed by atoms with Gasteiger partial charge < -0.3 is 20.1 Å². The largest absolute Gasteiger partial charge is 0.490 e. The van der Waals surface area contributed by atoms with Crippen LogP contribution in [0.4, 0.5) is 0 Å². The maximum absolute atomic E-state index is 9.27. The van der Waals surface area contributed by atoms with Crippen LogP contribution in [0.15, 0.2) is 11.8 Å². The van der Waals surface area contributed by atoms with E-state index in [9.17, 15) is 10.2 Å². The summed E-state index contributed by atoms with van der Waals surface area (Å²) >= 11 is 0. The van der Waals surface area contributed by atoms with Crippen LogP contribution in [0.2, 0.25) is 0 Å². The summed E-state index contributed by atoms with van der Waals surface area (Å²) in [5.41, 5.74) is 0. The van der Waals surface area contributed by atoms with Crippen molar-refractivity contribution in [1.82, 2.24) is 0 Å². The van der Waals surface area contributed by atoms with Crippen molar-refractivity contribution >= 4 is 0 Å². The maximum Gasteiger partial charge on any atom is 0.150 e. The molecule has 4 heteroatoms. The van der Waals surface area contributed by atoms with Gasteiger partial charge >= 0.3 is 0 Å². The highest BCUT2D eigenvalue weighted by molar-refractivity contribution is 5.06. The van der Waals surface area contributed by atoms with Gasteiger partial charge in [-0.3, -0.25) is 0 Å². The highest BCUT2D eigenvalue weighted by Gasteiger charge is 2.30. The third-order valence-corrected chi connectivity index (χ3v) is 1.92. The Labute approximate surface area is 71.1 Å². The van der Waals surface area contributed by atoms with Gasteiger partial charge in [-0.15, -0.1) is 0 Å². The maximum atomic E-state index is 9.27. The van der Waals surface area contributed by atoms with Crippen LogP contribution in [0, 0.1) is 0 Å². The third-order valence-electron chi connectivity index (χ3n) is 1.92. The van der Waals surface area contributed by atoms with Crippen LogP contribution in [-0.2, 0) is 4.74 Å². The number of hydrogen-bond acceptors (Lipinski definition) is 4. The fraction of sp³-hybridized carbons (Fsp3) is 0.750. The molecular weight excluding hydrogens is 160 g/mol. The van der Waals surface area contributed by atoms with E-state index in [1.54, 1.807) is 0 Å². The Balaban J connectivity index is 2.68. The first kappa shape index (κ1) is 9.51. The molecule has 0 unspecified atom stereocenters. The summed E-state index contributed by atoms with van der Waals surface area (Å²) in [6.07, 6.45) is -0.520. The lowest BCUT2D eigenvalue weighted by Crippen LogP contribution is -2.43. The van der Waals surface area contributed by atoms with Gasteiger partial charge in [0.15, 0.2) is 0 Å². The number of hydrogen-bond donors (Lipinski definition) is 3. The Morgan fingerprint density at radius 2 is 2.17 bits per heavy atom. The molecule has 0 aliphatic carbocycles. The second kappa shape index (κ2) is 3.89. The number of aliphatic hydroxyl groups excluding tert-OH is 3. The molecule has 1 aliphatic heterocycles. The van der Waals surface area contributed by atoms with Gasteiger partial charge in [-0.2, -0.15) is 0 Å². The molecule has 0 aromatic heterocycles. The Hall–Kier alpha value is -0.580. The Bertz CT molecular complexity index is 178. The Kier molecular flexibility index (Phi) is 3.08. The fourth-order valence-electron chi connectivity index (χ4n) is 1.16. The molecule has 0 aromatic carbocycles. The first-order chi connectivity index (χ1) is 5.69. The molecule has 0 bridgehead atoms. The van der Waals surface area contributed by atoms with Gasteiger partial charge in [0, 0.05) is 6.42 Å². The standard InChI is InChI=1S/C8H14O4/c1-2-5-3-6(10)8(11)7(4-9)12-5/h3,6-11H,2,4H2,1H3/t6-,7-,8+/m1/s1. The zero-order chi connectivity index (χ0) is 9.14. The van der Waals surface area contributed by atoms with Gasteiger partial charge in [0.05, 0.1) is 12.4 Å². The van der Waals surface area contributed by atoms with Crippen LogP contribution >= 0.6 is 0 Å². The van der Waals surface area contributed by atoms with Gasteiger partial charge in [0.25, 0.3) is 0 Å². The van der Waals surface area contributed by atoms with E-state index in [0.717, 1.165) is 0 Å². The van der Waals surface area contributed by atoms with E-state index in [4.69, 9.17) is 9.84 Å². The van der Waals surface area contributed by atoms with Gasteiger partial charge in [0.1, 0.15) is 18.3 Å². The third kappa shape index (κ3) is 1.77. The van der Waals surface area contributed by atoms with Crippen LogP contribution in [-0.4, -0.2) is 40.2 Å². The molecule has 70 valence electrons. The molecule has 0 amide bonds. The number of aliphatic hydroxyl groups is 3. The van der Waals surface area contributed by atoms with Crippen molar-refractivity contribution in [3.63, 3.8) is 0 Å². The van der Waals surface area contributed by atoms with Crippen molar-refractivity contribution in [3.05, 3.63) is 11.8 Å². The molecule has 0 spiro atoms. The van der Waals surface area contributed by atoms with Gasteiger partial charge in [0.2, 0.25) is 0 Å². The fourth-order valence-corrected chi connectivity index (χ4v) is 1.16. The minimum Gasteiger partial charge on any atom is -0.490 e. The van der Waals surface area contributed by atoms with Crippen LogP contribution in [0.5, 0.6) is 0 Å². The van der Waals surface area contributed by atoms with Crippen molar-refractivity contribution in [2.75, 3.05) is 6.61 Å². The van der Waals surface area contributed by atoms with E-state index in [1.807, 2.05) is 6.92 Å². The zero-order valence-corrected chi connectivity index (χ0v) is 6.97. The second-order valence-electron chi connectivity index (χ2n) is 2.81. The molecule has 0 radical (unpaired) electrons. The highest BCUT2D eigenvalue weighted by atomic mass is 16.5. The Morgan fingerprint density at radius 3 is 2.67 bits per heavy atom. The van der Waals surface area contributed by atoms with E-state index in [0.29, 0.717) is 12.2 Å². The summed E-state index contributed by atoms with van der Waals surface area (Å²) in [4.78, 5) is 0. The second-order valence-corrected chi connectivity index (χ2v) is 2.81. The first-order valence-corrected chi connectivity index (χ1v) is 4.03. The number of ether oxygens (including phenoxy) is 1. The molecule has 0 aromatic rings. The monoisotopic (exact) mass is 174 g/mol. The van der Waals surface area contributed by atoms with Gasteiger partial charge in [-0.25, -0.2) is 0 Å². The first-order valence-electron chi connectivity index (χ1n) is 4.03. The van der Waals surface area contributed by atoms with Gasteiger partial charge in [-0.05, 0) is 6.08 Å². The molecule has 0 saturated carbocycles. The predicted molar refractivity (Wildman–Crippen MR) is 42.3 cm³/mol. The van der Waals surface area contributed by atoms with Crippen molar-refractivity contribution in [3.8, 4) is 0 Å². The van der Waals surface area contributed by atoms with Crippen LogP contribution in [0.3, 0.4) is 0 Å². The average molecular weight is 174 g/mol. The van der Waals surface area contributed by atoms with Gasteiger partial charge in [-0.1, -0.05) is 6.92 Å². The van der Waals surface area contributed by atoms with Crippen LogP contribution < -0.4 is 0 Å². The molecule has 4 nitrogen and oxygen atoms in total. The van der Waals surface area contributed by atoms with E-state index in [-0.39, 0.29) is 6.61 Å². The smallest absolute Gasteiger partial charge is 0.150 e. The average Bonchev–Trinajstić information content (AvgIpc) is 2.09. The van der Waals surface area contributed by atoms with E-state index < -0.39 is 18.3 Å². The summed E-state index contributed by atoms with van der Waals surface area (Å²) in [7, 11) is 0. The topological polar surface area (TPSA) is 69.9 Å². The summed E-state index contributed by atoms with van der Waals surface area (Å²) in [6.45, 7) is 1.60. The van der Waals surface area contributed by atoms with E-state index >= 15 is 0 Å². The molecule has 12 heavy (non-hydrogen) atoms. The van der Waals surface area contributed by atoms with Crippen molar-refractivity contribution < 1.29 is 20.1 Å². The highest BCUT2D eigenvalue weighted by Crippen LogP contribution is 2.19. The van der Waals surface area contributed by atoms with Crippen LogP contribution in [0.1, 0.15) is 13.3 Å². The van der Waals surface area contributed by atoms with Crippen molar-refractivity contribution in [2.45, 2.75) is 31.7 Å². The minimum atomic E-state index is -1.02. The van der Waals surface area contributed by atoms with Crippen molar-refractivity contribution in [2.24, 2.45) is 0 Å². The molecule has 3 atom stereocenters. The number of allylic oxidation sites excluding steroid dienone is 1. The summed E-state index contributed by atoms with van der Waals surface area (Å²) in [6, 6.07) is 0. The molecule has 1 heterocycles. The minimum absolute atomic E-state index is 0.282. The number of rotatable bonds is 2. The van der Waals surface area contributed by atoms with E-state index in [2.05, 4.69) is 0 Å². The summed E-state index contributed by atoms with van der Waals surface area (Å²) < 4.78 is 5.17. The lowest BCUT2D eigenvalue weighted by molar-refractivity contribution is -0.0922. The van der Waals surface area contributed by atoms with Crippen LogP contribution in [0.25, 0.3) is 0 Å². The summed E-state index contributed by atoms with van der Waals surface area (Å²) in [5.74, 6) is 0.617.